The zero-order valence-electron chi connectivity index (χ0n) is 14.9. The molecule has 0 unspecified atom stereocenters. The summed E-state index contributed by atoms with van der Waals surface area (Å²) in [6.45, 7) is 4.13. The van der Waals surface area contributed by atoms with Crippen molar-refractivity contribution in [3.63, 3.8) is 0 Å². The number of benzene rings is 1. The first-order valence-corrected chi connectivity index (χ1v) is 10.1. The summed E-state index contributed by atoms with van der Waals surface area (Å²) in [7, 11) is 0. The number of nitrogens with zero attached hydrogens (tertiary/aromatic N) is 3. The number of hydrogen-bond donors (Lipinski definition) is 1. The van der Waals surface area contributed by atoms with Gasteiger partial charge in [0, 0.05) is 18.0 Å². The predicted molar refractivity (Wildman–Crippen MR) is 105 cm³/mol. The SMILES string of the molecule is c1ccc(CNc2noc(-c3ccc(CN4CCCCCC4)s3)n2)cc1. The highest BCUT2D eigenvalue weighted by atomic mass is 32.1. The fourth-order valence-corrected chi connectivity index (χ4v) is 4.24. The normalized spacial score (nSPS) is 15.7. The van der Waals surface area contributed by atoms with Crippen LogP contribution in [0.5, 0.6) is 0 Å². The van der Waals surface area contributed by atoms with Crippen LogP contribution in [0, 0.1) is 0 Å². The third-order valence-electron chi connectivity index (χ3n) is 4.67. The maximum Gasteiger partial charge on any atom is 0.269 e. The molecule has 2 aromatic heterocycles. The summed E-state index contributed by atoms with van der Waals surface area (Å²) in [5.41, 5.74) is 1.19. The summed E-state index contributed by atoms with van der Waals surface area (Å²) in [4.78, 5) is 9.43. The number of likely N-dealkylation sites (tertiary alicyclic amines) is 1. The molecule has 0 aliphatic carbocycles. The first kappa shape index (κ1) is 17.2. The molecule has 1 aromatic carbocycles. The highest BCUT2D eigenvalue weighted by Gasteiger charge is 2.14. The molecule has 0 atom stereocenters. The maximum absolute atomic E-state index is 5.44. The van der Waals surface area contributed by atoms with Crippen LogP contribution < -0.4 is 5.32 Å². The monoisotopic (exact) mass is 368 g/mol. The van der Waals surface area contributed by atoms with Crippen LogP contribution in [0.3, 0.4) is 0 Å². The van der Waals surface area contributed by atoms with Gasteiger partial charge in [-0.25, -0.2) is 0 Å². The molecule has 1 aliphatic heterocycles. The quantitative estimate of drug-likeness (QED) is 0.678. The van der Waals surface area contributed by atoms with E-state index in [9.17, 15) is 0 Å². The van der Waals surface area contributed by atoms with Crippen molar-refractivity contribution in [3.8, 4) is 10.8 Å². The topological polar surface area (TPSA) is 54.2 Å². The molecule has 0 spiro atoms. The minimum atomic E-state index is 0.534. The third kappa shape index (κ3) is 4.51. The summed E-state index contributed by atoms with van der Waals surface area (Å²) in [5, 5.41) is 7.25. The van der Waals surface area contributed by atoms with Crippen molar-refractivity contribution in [1.82, 2.24) is 15.0 Å². The third-order valence-corrected chi connectivity index (χ3v) is 5.73. The minimum Gasteiger partial charge on any atom is -0.347 e. The van der Waals surface area contributed by atoms with Gasteiger partial charge in [-0.2, -0.15) is 4.98 Å². The average Bonchev–Trinajstić information content (AvgIpc) is 3.25. The van der Waals surface area contributed by atoms with Gasteiger partial charge in [-0.05, 0) is 48.8 Å². The Labute approximate surface area is 158 Å². The van der Waals surface area contributed by atoms with Gasteiger partial charge < -0.3 is 9.84 Å². The number of nitrogens with one attached hydrogen (secondary N) is 1. The van der Waals surface area contributed by atoms with E-state index < -0.39 is 0 Å². The molecule has 0 radical (unpaired) electrons. The zero-order valence-corrected chi connectivity index (χ0v) is 15.7. The molecule has 6 heteroatoms. The lowest BCUT2D eigenvalue weighted by atomic mass is 10.2. The molecule has 26 heavy (non-hydrogen) atoms. The van der Waals surface area contributed by atoms with E-state index in [0.29, 0.717) is 18.4 Å². The van der Waals surface area contributed by atoms with Gasteiger partial charge in [0.25, 0.3) is 11.8 Å². The molecule has 1 N–H and O–H groups in total. The molecule has 3 heterocycles. The lowest BCUT2D eigenvalue weighted by Crippen LogP contribution is -2.23. The molecule has 5 nitrogen and oxygen atoms in total. The van der Waals surface area contributed by atoms with Crippen LogP contribution in [0.15, 0.2) is 47.0 Å². The van der Waals surface area contributed by atoms with Gasteiger partial charge in [0.15, 0.2) is 0 Å². The van der Waals surface area contributed by atoms with Crippen molar-refractivity contribution < 1.29 is 4.52 Å². The van der Waals surface area contributed by atoms with E-state index in [2.05, 4.69) is 44.6 Å². The molecule has 1 saturated heterocycles. The van der Waals surface area contributed by atoms with Gasteiger partial charge in [-0.15, -0.1) is 11.3 Å². The van der Waals surface area contributed by atoms with Crippen molar-refractivity contribution in [1.29, 1.82) is 0 Å². The molecule has 1 fully saturated rings. The lowest BCUT2D eigenvalue weighted by molar-refractivity contribution is 0.279. The summed E-state index contributed by atoms with van der Waals surface area (Å²) in [5.74, 6) is 1.12. The van der Waals surface area contributed by atoms with Crippen molar-refractivity contribution in [2.75, 3.05) is 18.4 Å². The Bertz CT molecular complexity index is 806. The van der Waals surface area contributed by atoms with E-state index in [1.807, 2.05) is 18.2 Å². The first-order valence-electron chi connectivity index (χ1n) is 9.30. The van der Waals surface area contributed by atoms with Crippen molar-refractivity contribution >= 4 is 17.3 Å². The van der Waals surface area contributed by atoms with E-state index in [0.717, 1.165) is 11.4 Å². The number of rotatable bonds is 6. The maximum atomic E-state index is 5.44. The zero-order chi connectivity index (χ0) is 17.6. The number of hydrogen-bond acceptors (Lipinski definition) is 6. The van der Waals surface area contributed by atoms with Crippen LogP contribution in [-0.2, 0) is 13.1 Å². The second-order valence-electron chi connectivity index (χ2n) is 6.72. The van der Waals surface area contributed by atoms with Gasteiger partial charge in [0.2, 0.25) is 0 Å². The van der Waals surface area contributed by atoms with Gasteiger partial charge in [-0.3, -0.25) is 4.90 Å². The van der Waals surface area contributed by atoms with Crippen LogP contribution in [0.25, 0.3) is 10.8 Å². The first-order chi connectivity index (χ1) is 12.9. The number of aromatic nitrogens is 2. The summed E-state index contributed by atoms with van der Waals surface area (Å²) in [6, 6.07) is 14.5. The Kier molecular flexibility index (Phi) is 5.62. The molecular weight excluding hydrogens is 344 g/mol. The highest BCUT2D eigenvalue weighted by Crippen LogP contribution is 2.28. The van der Waals surface area contributed by atoms with Crippen LogP contribution in [0.2, 0.25) is 0 Å². The summed E-state index contributed by atoms with van der Waals surface area (Å²) >= 11 is 1.75. The van der Waals surface area contributed by atoms with Gasteiger partial charge in [0.05, 0.1) is 4.88 Å². The van der Waals surface area contributed by atoms with Gasteiger partial charge >= 0.3 is 0 Å². The Morgan fingerprint density at radius 1 is 1.00 bits per heavy atom. The molecule has 136 valence electrons. The Morgan fingerprint density at radius 3 is 2.62 bits per heavy atom. The van der Waals surface area contributed by atoms with E-state index in [4.69, 9.17) is 4.52 Å². The smallest absolute Gasteiger partial charge is 0.269 e. The van der Waals surface area contributed by atoms with Crippen LogP contribution in [-0.4, -0.2) is 28.1 Å². The standard InChI is InChI=1S/C20H24N4OS/c1-2-7-13-24(12-6-1)15-17-10-11-18(26-17)19-22-20(23-25-19)21-14-16-8-4-3-5-9-16/h3-5,8-11H,1-2,6-7,12-15H2,(H,21,23). The lowest BCUT2D eigenvalue weighted by Gasteiger charge is -2.18. The van der Waals surface area contributed by atoms with Crippen molar-refractivity contribution in [2.45, 2.75) is 38.8 Å². The van der Waals surface area contributed by atoms with E-state index in [1.54, 1.807) is 11.3 Å². The highest BCUT2D eigenvalue weighted by molar-refractivity contribution is 7.15. The Morgan fingerprint density at radius 2 is 1.81 bits per heavy atom. The summed E-state index contributed by atoms with van der Waals surface area (Å²) < 4.78 is 5.44. The molecule has 0 bridgehead atoms. The predicted octanol–water partition coefficient (Wildman–Crippen LogP) is 4.79. The van der Waals surface area contributed by atoms with Crippen molar-refractivity contribution in [3.05, 3.63) is 52.9 Å². The second kappa shape index (κ2) is 8.47. The number of thiophene rings is 1. The van der Waals surface area contributed by atoms with E-state index >= 15 is 0 Å². The molecule has 0 amide bonds. The molecule has 0 saturated carbocycles. The molecule has 1 aliphatic rings. The average molecular weight is 369 g/mol. The second-order valence-corrected chi connectivity index (χ2v) is 7.89. The van der Waals surface area contributed by atoms with Crippen molar-refractivity contribution in [2.24, 2.45) is 0 Å². The fourth-order valence-electron chi connectivity index (χ4n) is 3.26. The van der Waals surface area contributed by atoms with Crippen LogP contribution in [0.1, 0.15) is 36.1 Å². The van der Waals surface area contributed by atoms with Gasteiger partial charge in [-0.1, -0.05) is 43.2 Å². The molecular formula is C20H24N4OS. The molecule has 3 aromatic rings. The minimum absolute atomic E-state index is 0.534. The van der Waals surface area contributed by atoms with Crippen LogP contribution in [0.4, 0.5) is 5.95 Å². The largest absolute Gasteiger partial charge is 0.347 e. The van der Waals surface area contributed by atoms with Crippen LogP contribution >= 0.6 is 11.3 Å². The number of anilines is 1. The van der Waals surface area contributed by atoms with E-state index in [1.165, 1.54) is 49.2 Å². The Hall–Kier alpha value is -2.18. The Balaban J connectivity index is 1.36. The molecule has 4 rings (SSSR count). The summed E-state index contributed by atoms with van der Waals surface area (Å²) in [6.07, 6.45) is 5.37. The fraction of sp³-hybridized carbons (Fsp3) is 0.400. The van der Waals surface area contributed by atoms with Gasteiger partial charge in [0.1, 0.15) is 0 Å². The van der Waals surface area contributed by atoms with E-state index in [-0.39, 0.29) is 0 Å².